The van der Waals surface area contributed by atoms with Crippen LogP contribution in [0.3, 0.4) is 0 Å². The molecule has 0 aliphatic heterocycles. The van der Waals surface area contributed by atoms with Crippen molar-refractivity contribution in [1.29, 1.82) is 0 Å². The smallest absolute Gasteiger partial charge is 0.327 e. The summed E-state index contributed by atoms with van der Waals surface area (Å²) in [7, 11) is 0. The molecule has 0 unspecified atom stereocenters. The van der Waals surface area contributed by atoms with Gasteiger partial charge in [0.05, 0.1) is 37.8 Å². The zero-order valence-corrected chi connectivity index (χ0v) is 64.8. The van der Waals surface area contributed by atoms with E-state index in [0.717, 1.165) is 13.8 Å². The lowest BCUT2D eigenvalue weighted by molar-refractivity contribution is -0.142. The van der Waals surface area contributed by atoms with Gasteiger partial charge in [0.25, 0.3) is 0 Å². The molecule has 16 atom stereocenters. The van der Waals surface area contributed by atoms with Gasteiger partial charge in [0.2, 0.25) is 94.5 Å². The normalized spacial score (nSPS) is 15.8. The summed E-state index contributed by atoms with van der Waals surface area (Å²) in [5.41, 5.74) is 16.4. The maximum atomic E-state index is 14.3. The average Bonchev–Trinajstić information content (AvgIpc) is 0.856. The number of amides is 16. The van der Waals surface area contributed by atoms with Gasteiger partial charge in [-0.25, -0.2) is 4.79 Å². The Balaban J connectivity index is 6.76. The highest BCUT2D eigenvalue weighted by molar-refractivity contribution is 7.80. The molecule has 0 aromatic rings. The molecule has 0 saturated heterocycles. The summed E-state index contributed by atoms with van der Waals surface area (Å²) >= 11 is 16.1. The van der Waals surface area contributed by atoms with E-state index in [4.69, 9.17) is 17.2 Å². The van der Waals surface area contributed by atoms with Crippen molar-refractivity contribution < 1.29 is 112 Å². The molecule has 40 nitrogen and oxygen atoms in total. The molecule has 0 aliphatic carbocycles. The predicted molar refractivity (Wildman–Crippen MR) is 397 cm³/mol. The van der Waals surface area contributed by atoms with Crippen LogP contribution in [-0.4, -0.2) is 265 Å². The number of primary amides is 2. The highest BCUT2D eigenvalue weighted by atomic mass is 32.1. The van der Waals surface area contributed by atoms with Crippen molar-refractivity contribution in [3.05, 3.63) is 0 Å². The molecule has 0 rings (SSSR count). The molecular weight excluding hydrogens is 1490 g/mol. The third kappa shape index (κ3) is 38.4. The molecule has 0 aromatic heterocycles. The molecule has 107 heavy (non-hydrogen) atoms. The molecule has 0 heterocycles. The minimum atomic E-state index is -2.10. The van der Waals surface area contributed by atoms with Gasteiger partial charge in [0.1, 0.15) is 78.5 Å². The van der Waals surface area contributed by atoms with Crippen molar-refractivity contribution in [3.8, 4) is 0 Å². The second kappa shape index (κ2) is 50.4. The molecular formula is C63H109N17O23S4. The number of hydrogen-bond donors (Lipinski definition) is 26. The van der Waals surface area contributed by atoms with E-state index in [9.17, 15) is 112 Å². The van der Waals surface area contributed by atoms with Crippen LogP contribution in [0.2, 0.25) is 0 Å². The Morgan fingerprint density at radius 2 is 0.617 bits per heavy atom. The summed E-state index contributed by atoms with van der Waals surface area (Å²) in [5, 5.41) is 83.3. The topological polar surface area (TPSA) is 655 Å². The van der Waals surface area contributed by atoms with Crippen LogP contribution in [0.4, 0.5) is 0 Å². The molecule has 0 aromatic carbocycles. The molecule has 16 amide bonds. The van der Waals surface area contributed by atoms with Gasteiger partial charge in [0, 0.05) is 35.9 Å². The number of thiol groups is 4. The van der Waals surface area contributed by atoms with Crippen molar-refractivity contribution in [1.82, 2.24) is 74.4 Å². The van der Waals surface area contributed by atoms with Crippen LogP contribution in [0.15, 0.2) is 0 Å². The Labute approximate surface area is 641 Å². The Hall–Kier alpha value is -8.30. The van der Waals surface area contributed by atoms with Crippen molar-refractivity contribution >= 4 is 157 Å². The van der Waals surface area contributed by atoms with E-state index in [1.807, 2.05) is 0 Å². The average molecular weight is 1600 g/mol. The number of rotatable bonds is 52. The van der Waals surface area contributed by atoms with Crippen molar-refractivity contribution in [2.45, 2.75) is 224 Å². The molecule has 44 heteroatoms. The Bertz CT molecular complexity index is 3080. The van der Waals surface area contributed by atoms with Crippen molar-refractivity contribution in [2.24, 2.45) is 40.9 Å². The molecule has 0 saturated carbocycles. The van der Waals surface area contributed by atoms with Crippen molar-refractivity contribution in [3.63, 3.8) is 0 Å². The lowest BCUT2D eigenvalue weighted by atomic mass is 9.99. The number of carboxylic acids is 2. The Morgan fingerprint density at radius 1 is 0.336 bits per heavy atom. The lowest BCUT2D eigenvalue weighted by Crippen LogP contribution is -2.62. The molecule has 0 aliphatic rings. The quantitative estimate of drug-likeness (QED) is 0.0252. The van der Waals surface area contributed by atoms with Gasteiger partial charge in [-0.15, -0.1) is 0 Å². The zero-order chi connectivity index (χ0) is 82.4. The fourth-order valence-corrected chi connectivity index (χ4v) is 10.6. The van der Waals surface area contributed by atoms with E-state index < -0.39 is 260 Å². The minimum Gasteiger partial charge on any atom is -0.481 e. The molecule has 0 spiro atoms. The largest absolute Gasteiger partial charge is 0.481 e. The SMILES string of the molecule is CC(C)C[C@H](NC(=O)[C@H](CC(=O)O)NC(=O)[C@H](CCC(N)=O)NC(=O)[C@H](CCC(N)=O)NC(=O)[C@@H](NC(=O)[C@H](CS)NC(=O)CNC(=O)[C@H](CO)NC(=O)[C@H](CC(C)C)NC(=O)[C@H](CS)NC(=O)[C@@H](N)CS)[C@@H](C)O)C(=O)N[C@@H](CC(C)C)C(=O)N[C@H](C(=O)N[C@@H](CC(C)C)C(=O)N[C@@H](CS)C(=O)O)[C@@H](C)O. The fraction of sp³-hybridized carbons (Fsp3) is 0.714. The number of carboxylic acid groups (broad SMARTS) is 2. The number of aliphatic hydroxyl groups is 3. The Kier molecular flexibility index (Phi) is 46.4. The molecule has 0 radical (unpaired) electrons. The molecule has 25 N–H and O–H groups in total. The second-order valence-electron chi connectivity index (χ2n) is 26.9. The van der Waals surface area contributed by atoms with Crippen LogP contribution >= 0.6 is 50.5 Å². The number of carbonyl (C=O) groups is 18. The summed E-state index contributed by atoms with van der Waals surface area (Å²) in [4.78, 5) is 239. The number of aliphatic carboxylic acids is 2. The van der Waals surface area contributed by atoms with E-state index in [-0.39, 0.29) is 60.7 Å². The van der Waals surface area contributed by atoms with Crippen molar-refractivity contribution in [2.75, 3.05) is 36.2 Å². The minimum absolute atomic E-state index is 0.00408. The summed E-state index contributed by atoms with van der Waals surface area (Å²) in [6, 6.07) is -22.7. The van der Waals surface area contributed by atoms with Crippen LogP contribution in [0.1, 0.15) is 127 Å². The van der Waals surface area contributed by atoms with Crippen LogP contribution in [0.25, 0.3) is 0 Å². The van der Waals surface area contributed by atoms with Crippen LogP contribution < -0.4 is 91.6 Å². The number of nitrogens with two attached hydrogens (primary N) is 3. The van der Waals surface area contributed by atoms with E-state index in [0.29, 0.717) is 0 Å². The number of carbonyl (C=O) groups excluding carboxylic acids is 16. The predicted octanol–water partition coefficient (Wildman–Crippen LogP) is -8.52. The zero-order valence-electron chi connectivity index (χ0n) is 61.3. The number of hydrogen-bond acceptors (Lipinski definition) is 26. The van der Waals surface area contributed by atoms with Gasteiger partial charge in [-0.1, -0.05) is 55.4 Å². The van der Waals surface area contributed by atoms with Crippen LogP contribution in [-0.2, 0) is 86.3 Å². The van der Waals surface area contributed by atoms with E-state index >= 15 is 0 Å². The van der Waals surface area contributed by atoms with Gasteiger partial charge in [-0.3, -0.25) is 81.5 Å². The molecule has 0 fully saturated rings. The number of nitrogens with one attached hydrogen (secondary N) is 14. The second-order valence-corrected chi connectivity index (χ2v) is 28.3. The maximum Gasteiger partial charge on any atom is 0.327 e. The van der Waals surface area contributed by atoms with Crippen LogP contribution in [0, 0.1) is 23.7 Å². The third-order valence-electron chi connectivity index (χ3n) is 15.3. The first kappa shape index (κ1) is 98.7. The highest BCUT2D eigenvalue weighted by Gasteiger charge is 2.39. The maximum absolute atomic E-state index is 14.3. The van der Waals surface area contributed by atoms with Gasteiger partial charge in [0.15, 0.2) is 0 Å². The standard InChI is InChI=1S/C63H109N17O23S4/c1-26(2)15-35(54(93)72-38(18-29(7)8)58(97)79-49(31(10)83)62(101)75-37(17-28(5)6)56(95)78-43(25-107)63(102)103)71-57(96)39(19-47(87)88)74-53(92)33(11-13-44(65)84)69-52(91)34(12-14-45(66)85)70-61(100)48(30(9)82)80-60(99)41(23-105)68-46(86)20-67-51(90)40(21-81)76-55(94)36(16-27(3)4)73-59(98)42(24-106)77-50(89)32(64)22-104/h26-43,48-49,81-83,104-107H,11-25,64H2,1-10H3,(H2,65,84)(H2,66,85)(H,67,90)(H,68,86)(H,69,91)(H,70,100)(H,71,96)(H,72,93)(H,73,98)(H,74,92)(H,75,101)(H,76,94)(H,77,89)(H,78,95)(H,79,97)(H,80,99)(H,87,88)(H,102,103)/t30-,31-,32+,33+,34+,35+,36+,37+,38+,39+,40+,41+,42+,43+,48+,49+/m1/s1. The summed E-state index contributed by atoms with van der Waals surface area (Å²) in [5.74, 6) is -22.9. The number of aliphatic hydroxyl groups excluding tert-OH is 3. The monoisotopic (exact) mass is 1600 g/mol. The Morgan fingerprint density at radius 3 is 0.944 bits per heavy atom. The highest BCUT2D eigenvalue weighted by Crippen LogP contribution is 2.14. The lowest BCUT2D eigenvalue weighted by Gasteiger charge is -2.29. The first-order valence-corrected chi connectivity index (χ1v) is 36.7. The van der Waals surface area contributed by atoms with E-state index in [1.165, 1.54) is 0 Å². The molecule has 608 valence electrons. The summed E-state index contributed by atoms with van der Waals surface area (Å²) in [6.45, 7) is 13.6. The van der Waals surface area contributed by atoms with Gasteiger partial charge in [-0.05, 0) is 76.0 Å². The van der Waals surface area contributed by atoms with E-state index in [2.05, 4.69) is 125 Å². The first-order valence-electron chi connectivity index (χ1n) is 34.2. The van der Waals surface area contributed by atoms with Gasteiger partial charge >= 0.3 is 11.9 Å². The fourth-order valence-electron chi connectivity index (χ4n) is 9.72. The third-order valence-corrected chi connectivity index (χ3v) is 16.8. The first-order chi connectivity index (χ1) is 49.8. The van der Waals surface area contributed by atoms with Crippen LogP contribution in [0.5, 0.6) is 0 Å². The molecule has 0 bridgehead atoms. The summed E-state index contributed by atoms with van der Waals surface area (Å²) in [6.07, 6.45) is -7.70. The van der Waals surface area contributed by atoms with E-state index in [1.54, 1.807) is 55.4 Å². The van der Waals surface area contributed by atoms with Gasteiger partial charge in [-0.2, -0.15) is 50.5 Å². The van der Waals surface area contributed by atoms with Gasteiger partial charge < -0.3 is 117 Å². The summed E-state index contributed by atoms with van der Waals surface area (Å²) < 4.78 is 0.